The van der Waals surface area contributed by atoms with Crippen molar-refractivity contribution in [1.29, 1.82) is 0 Å². The zero-order valence-corrected chi connectivity index (χ0v) is 20.4. The number of ether oxygens (including phenoxy) is 1. The van der Waals surface area contributed by atoms with Crippen LogP contribution < -0.4 is 4.31 Å². The molecule has 0 N–H and O–H groups in total. The SMILES string of the molecule is CC.CCS(=O)(=O)N(Cc1ncc(-c2nnc(C(C)F)o2)s1)c1cnn(CCOC(F)(F)F)c1. The van der Waals surface area contributed by atoms with Gasteiger partial charge in [0.2, 0.25) is 10.0 Å². The first-order chi connectivity index (χ1) is 16.0. The molecule has 0 aliphatic carbocycles. The van der Waals surface area contributed by atoms with Gasteiger partial charge in [-0.15, -0.1) is 34.7 Å². The third kappa shape index (κ3) is 7.46. The number of aromatic nitrogens is 5. The van der Waals surface area contributed by atoms with Crippen molar-refractivity contribution in [2.75, 3.05) is 16.7 Å². The molecular formula is C18H24F4N6O4S2. The van der Waals surface area contributed by atoms with Crippen molar-refractivity contribution in [2.45, 2.75) is 53.3 Å². The van der Waals surface area contributed by atoms with E-state index in [1.54, 1.807) is 0 Å². The van der Waals surface area contributed by atoms with Gasteiger partial charge < -0.3 is 4.42 Å². The Labute approximate surface area is 197 Å². The number of nitrogens with zero attached hydrogens (tertiary/aromatic N) is 6. The Morgan fingerprint density at radius 1 is 1.26 bits per heavy atom. The Morgan fingerprint density at radius 2 is 1.97 bits per heavy atom. The number of sulfonamides is 1. The second-order valence-corrected chi connectivity index (χ2v) is 9.64. The van der Waals surface area contributed by atoms with Gasteiger partial charge in [-0.25, -0.2) is 17.8 Å². The summed E-state index contributed by atoms with van der Waals surface area (Å²) in [5.41, 5.74) is 0.155. The number of anilines is 1. The molecule has 0 amide bonds. The standard InChI is InChI=1S/C16H18F4N6O4S2.C2H6/c1-3-32(27,28)26(11-6-22-25(8-11)4-5-29-16(18,19)20)9-13-21-7-12(31-13)15-24-23-14(30-15)10(2)17;1-2/h6-8,10H,3-5,9H2,1-2H3;1-2H3. The quantitative estimate of drug-likeness (QED) is 0.357. The number of hydrogen-bond acceptors (Lipinski definition) is 9. The second-order valence-electron chi connectivity index (χ2n) is 6.34. The highest BCUT2D eigenvalue weighted by molar-refractivity contribution is 7.92. The van der Waals surface area contributed by atoms with Gasteiger partial charge >= 0.3 is 6.36 Å². The molecule has 3 aromatic rings. The van der Waals surface area contributed by atoms with Crippen molar-refractivity contribution in [3.63, 3.8) is 0 Å². The molecule has 1 atom stereocenters. The van der Waals surface area contributed by atoms with Crippen LogP contribution in [0.5, 0.6) is 0 Å². The maximum atomic E-state index is 13.3. The summed E-state index contributed by atoms with van der Waals surface area (Å²) in [5.74, 6) is -0.364. The van der Waals surface area contributed by atoms with Crippen molar-refractivity contribution in [2.24, 2.45) is 0 Å². The molecule has 10 nitrogen and oxygen atoms in total. The summed E-state index contributed by atoms with van der Waals surface area (Å²) in [4.78, 5) is 4.59. The van der Waals surface area contributed by atoms with Crippen molar-refractivity contribution in [1.82, 2.24) is 25.0 Å². The van der Waals surface area contributed by atoms with E-state index < -0.39 is 29.2 Å². The minimum Gasteiger partial charge on any atom is -0.417 e. The summed E-state index contributed by atoms with van der Waals surface area (Å²) in [6, 6.07) is 0. The largest absolute Gasteiger partial charge is 0.522 e. The van der Waals surface area contributed by atoms with E-state index in [1.165, 1.54) is 32.4 Å². The molecule has 190 valence electrons. The Bertz CT molecular complexity index is 1140. The zero-order chi connectivity index (χ0) is 25.5. The van der Waals surface area contributed by atoms with Gasteiger partial charge in [0.05, 0.1) is 43.5 Å². The van der Waals surface area contributed by atoms with E-state index in [-0.39, 0.29) is 36.3 Å². The molecule has 3 aromatic heterocycles. The van der Waals surface area contributed by atoms with Crippen LogP contribution in [0.2, 0.25) is 0 Å². The smallest absolute Gasteiger partial charge is 0.417 e. The predicted octanol–water partition coefficient (Wildman–Crippen LogP) is 4.34. The van der Waals surface area contributed by atoms with Gasteiger partial charge in [-0.05, 0) is 13.8 Å². The lowest BCUT2D eigenvalue weighted by Gasteiger charge is -2.20. The molecule has 0 spiro atoms. The Morgan fingerprint density at radius 3 is 2.56 bits per heavy atom. The van der Waals surface area contributed by atoms with Crippen LogP contribution in [-0.2, 0) is 27.8 Å². The molecule has 0 aromatic carbocycles. The van der Waals surface area contributed by atoms with Crippen LogP contribution in [0.4, 0.5) is 23.2 Å². The first kappa shape index (κ1) is 27.7. The van der Waals surface area contributed by atoms with Crippen LogP contribution in [-0.4, -0.2) is 52.1 Å². The minimum atomic E-state index is -4.77. The highest BCUT2D eigenvalue weighted by Crippen LogP contribution is 2.29. The number of halogens is 4. The lowest BCUT2D eigenvalue weighted by atomic mass is 10.4. The molecule has 0 radical (unpaired) electrons. The van der Waals surface area contributed by atoms with Crippen molar-refractivity contribution < 1.29 is 35.1 Å². The van der Waals surface area contributed by atoms with Gasteiger partial charge in [0.25, 0.3) is 11.8 Å². The fourth-order valence-electron chi connectivity index (χ4n) is 2.46. The van der Waals surface area contributed by atoms with Crippen molar-refractivity contribution >= 4 is 27.0 Å². The molecule has 0 aliphatic heterocycles. The van der Waals surface area contributed by atoms with Crippen molar-refractivity contribution in [3.8, 4) is 10.8 Å². The van der Waals surface area contributed by atoms with Gasteiger partial charge in [-0.1, -0.05) is 13.8 Å². The van der Waals surface area contributed by atoms with Crippen LogP contribution in [0.25, 0.3) is 10.8 Å². The Hall–Kier alpha value is -2.59. The molecule has 34 heavy (non-hydrogen) atoms. The topological polar surface area (TPSA) is 116 Å². The number of hydrogen-bond donors (Lipinski definition) is 0. The van der Waals surface area contributed by atoms with Gasteiger partial charge in [-0.2, -0.15) is 5.10 Å². The van der Waals surface area contributed by atoms with Gasteiger partial charge in [-0.3, -0.25) is 13.7 Å². The second kappa shape index (κ2) is 11.7. The molecule has 3 heterocycles. The lowest BCUT2D eigenvalue weighted by Crippen LogP contribution is -2.31. The summed E-state index contributed by atoms with van der Waals surface area (Å²) in [6.45, 7) is 5.64. The molecule has 16 heteroatoms. The highest BCUT2D eigenvalue weighted by atomic mass is 32.2. The number of alkyl halides is 4. The monoisotopic (exact) mass is 528 g/mol. The fraction of sp³-hybridized carbons (Fsp3) is 0.556. The molecule has 3 rings (SSSR count). The summed E-state index contributed by atoms with van der Waals surface area (Å²) in [7, 11) is -3.77. The summed E-state index contributed by atoms with van der Waals surface area (Å²) < 4.78 is 86.0. The molecule has 0 aliphatic rings. The first-order valence-corrected chi connectivity index (χ1v) is 12.6. The van der Waals surface area contributed by atoms with Gasteiger partial charge in [0.1, 0.15) is 9.88 Å². The van der Waals surface area contributed by atoms with Crippen LogP contribution in [0, 0.1) is 0 Å². The summed E-state index contributed by atoms with van der Waals surface area (Å²) in [5, 5.41) is 11.6. The molecule has 0 fully saturated rings. The average Bonchev–Trinajstić information content (AvgIpc) is 3.52. The van der Waals surface area contributed by atoms with E-state index in [1.807, 2.05) is 13.8 Å². The van der Waals surface area contributed by atoms with E-state index in [0.717, 1.165) is 20.3 Å². The maximum absolute atomic E-state index is 13.3. The fourth-order valence-corrected chi connectivity index (χ4v) is 4.42. The van der Waals surface area contributed by atoms with E-state index >= 15 is 0 Å². The van der Waals surface area contributed by atoms with E-state index in [9.17, 15) is 26.0 Å². The number of thiazole rings is 1. The van der Waals surface area contributed by atoms with Crippen LogP contribution in [0.1, 0.15) is 44.8 Å². The first-order valence-electron chi connectivity index (χ1n) is 10.1. The summed E-state index contributed by atoms with van der Waals surface area (Å²) >= 11 is 1.08. The number of rotatable bonds is 10. The Balaban J connectivity index is 0.00000199. The predicted molar refractivity (Wildman–Crippen MR) is 116 cm³/mol. The lowest BCUT2D eigenvalue weighted by molar-refractivity contribution is -0.325. The molecule has 1 unspecified atom stereocenters. The molecule has 0 saturated carbocycles. The third-order valence-corrected chi connectivity index (χ3v) is 6.73. The highest BCUT2D eigenvalue weighted by Gasteiger charge is 2.29. The zero-order valence-electron chi connectivity index (χ0n) is 18.8. The molecule has 0 bridgehead atoms. The average molecular weight is 529 g/mol. The van der Waals surface area contributed by atoms with E-state index in [2.05, 4.69) is 25.0 Å². The Kier molecular flexibility index (Phi) is 9.52. The van der Waals surface area contributed by atoms with Gasteiger partial charge in [0, 0.05) is 6.20 Å². The van der Waals surface area contributed by atoms with Crippen LogP contribution >= 0.6 is 11.3 Å². The minimum absolute atomic E-state index is 0.0515. The van der Waals surface area contributed by atoms with Crippen LogP contribution in [0.15, 0.2) is 23.0 Å². The van der Waals surface area contributed by atoms with E-state index in [4.69, 9.17) is 4.42 Å². The van der Waals surface area contributed by atoms with Gasteiger partial charge in [0.15, 0.2) is 6.17 Å². The van der Waals surface area contributed by atoms with Crippen molar-refractivity contribution in [3.05, 3.63) is 29.5 Å². The normalized spacial score (nSPS) is 12.8. The maximum Gasteiger partial charge on any atom is 0.522 e. The molecular weight excluding hydrogens is 504 g/mol. The summed E-state index contributed by atoms with van der Waals surface area (Å²) in [6.07, 6.45) is -2.28. The van der Waals surface area contributed by atoms with E-state index in [0.29, 0.717) is 9.88 Å². The third-order valence-electron chi connectivity index (χ3n) is 4.02. The van der Waals surface area contributed by atoms with Crippen LogP contribution in [0.3, 0.4) is 0 Å². The molecule has 0 saturated heterocycles.